The normalized spacial score (nSPS) is 10.3. The molecule has 1 aromatic carbocycles. The molecule has 0 saturated heterocycles. The van der Waals surface area contributed by atoms with Crippen LogP contribution in [0.1, 0.15) is 34.7 Å². The first kappa shape index (κ1) is 17.4. The highest BCUT2D eigenvalue weighted by Gasteiger charge is 2.11. The van der Waals surface area contributed by atoms with Crippen molar-refractivity contribution in [2.24, 2.45) is 5.92 Å². The van der Waals surface area contributed by atoms with Crippen LogP contribution in [-0.4, -0.2) is 35.5 Å². The lowest BCUT2D eigenvalue weighted by atomic mass is 10.2. The van der Waals surface area contributed by atoms with Gasteiger partial charge in [0.15, 0.2) is 0 Å². The van der Waals surface area contributed by atoms with Crippen LogP contribution in [0.15, 0.2) is 36.7 Å². The average Bonchev–Trinajstić information content (AvgIpc) is 2.59. The number of ether oxygens (including phenoxy) is 1. The minimum absolute atomic E-state index is 0.236. The molecule has 0 atom stereocenters. The summed E-state index contributed by atoms with van der Waals surface area (Å²) in [5.41, 5.74) is 1.08. The molecule has 24 heavy (non-hydrogen) atoms. The van der Waals surface area contributed by atoms with Gasteiger partial charge in [-0.1, -0.05) is 19.9 Å². The molecular formula is C17H20N4O3. The van der Waals surface area contributed by atoms with E-state index in [9.17, 15) is 9.59 Å². The number of anilines is 2. The molecule has 1 heterocycles. The van der Waals surface area contributed by atoms with E-state index in [2.05, 4.69) is 39.2 Å². The van der Waals surface area contributed by atoms with E-state index in [4.69, 9.17) is 0 Å². The number of hydrogen-bond acceptors (Lipinski definition) is 6. The van der Waals surface area contributed by atoms with Crippen molar-refractivity contribution < 1.29 is 14.3 Å². The van der Waals surface area contributed by atoms with Gasteiger partial charge in [-0.3, -0.25) is 4.79 Å². The van der Waals surface area contributed by atoms with E-state index in [-0.39, 0.29) is 11.6 Å². The number of rotatable bonds is 6. The molecule has 1 amide bonds. The molecule has 1 aromatic heterocycles. The topological polar surface area (TPSA) is 93.2 Å². The van der Waals surface area contributed by atoms with Crippen molar-refractivity contribution in [3.63, 3.8) is 0 Å². The van der Waals surface area contributed by atoms with Crippen LogP contribution >= 0.6 is 0 Å². The summed E-state index contributed by atoms with van der Waals surface area (Å²) in [5, 5.41) is 5.85. The number of carbonyl (C=O) groups excluding carboxylic acids is 2. The fourth-order valence-corrected chi connectivity index (χ4v) is 1.92. The van der Waals surface area contributed by atoms with E-state index in [1.54, 1.807) is 30.3 Å². The summed E-state index contributed by atoms with van der Waals surface area (Å²) in [4.78, 5) is 31.9. The summed E-state index contributed by atoms with van der Waals surface area (Å²) in [6.45, 7) is 4.91. The van der Waals surface area contributed by atoms with Crippen LogP contribution in [0.5, 0.6) is 0 Å². The molecule has 0 spiro atoms. The van der Waals surface area contributed by atoms with Gasteiger partial charge in [0.05, 0.1) is 12.7 Å². The summed E-state index contributed by atoms with van der Waals surface area (Å²) in [6, 6.07) is 8.09. The van der Waals surface area contributed by atoms with Crippen molar-refractivity contribution in [3.8, 4) is 0 Å². The summed E-state index contributed by atoms with van der Waals surface area (Å²) in [6.07, 6.45) is 1.34. The van der Waals surface area contributed by atoms with E-state index in [0.717, 1.165) is 6.54 Å². The van der Waals surface area contributed by atoms with E-state index in [1.807, 2.05) is 0 Å². The van der Waals surface area contributed by atoms with Gasteiger partial charge in [-0.15, -0.1) is 0 Å². The second-order valence-corrected chi connectivity index (χ2v) is 5.59. The summed E-state index contributed by atoms with van der Waals surface area (Å²) in [7, 11) is 1.31. The number of nitrogens with one attached hydrogen (secondary N) is 2. The summed E-state index contributed by atoms with van der Waals surface area (Å²) < 4.78 is 4.66. The van der Waals surface area contributed by atoms with Gasteiger partial charge in [-0.2, -0.15) is 0 Å². The van der Waals surface area contributed by atoms with Crippen LogP contribution in [0.4, 0.5) is 11.5 Å². The van der Waals surface area contributed by atoms with Crippen molar-refractivity contribution in [3.05, 3.63) is 47.9 Å². The van der Waals surface area contributed by atoms with Gasteiger partial charge in [0.1, 0.15) is 17.8 Å². The minimum atomic E-state index is -0.465. The second-order valence-electron chi connectivity index (χ2n) is 5.59. The Morgan fingerprint density at radius 3 is 2.71 bits per heavy atom. The summed E-state index contributed by atoms with van der Waals surface area (Å²) >= 11 is 0. The van der Waals surface area contributed by atoms with Crippen LogP contribution in [-0.2, 0) is 4.74 Å². The maximum atomic E-state index is 12.3. The van der Waals surface area contributed by atoms with Crippen molar-refractivity contribution in [1.82, 2.24) is 9.97 Å². The largest absolute Gasteiger partial charge is 0.465 e. The molecule has 0 aliphatic carbocycles. The number of esters is 1. The number of aromatic nitrogens is 2. The predicted molar refractivity (Wildman–Crippen MR) is 91.1 cm³/mol. The highest BCUT2D eigenvalue weighted by molar-refractivity contribution is 6.03. The van der Waals surface area contributed by atoms with Crippen molar-refractivity contribution in [1.29, 1.82) is 0 Å². The van der Waals surface area contributed by atoms with Gasteiger partial charge in [0, 0.05) is 18.3 Å². The predicted octanol–water partition coefficient (Wildman–Crippen LogP) is 2.58. The first-order chi connectivity index (χ1) is 11.5. The molecule has 0 fully saturated rings. The Hall–Kier alpha value is -2.96. The number of hydrogen-bond donors (Lipinski definition) is 2. The average molecular weight is 328 g/mol. The molecule has 0 bridgehead atoms. The molecule has 2 aromatic rings. The van der Waals surface area contributed by atoms with Crippen LogP contribution in [0, 0.1) is 5.92 Å². The van der Waals surface area contributed by atoms with E-state index >= 15 is 0 Å². The zero-order valence-corrected chi connectivity index (χ0v) is 13.9. The van der Waals surface area contributed by atoms with Crippen LogP contribution in [0.2, 0.25) is 0 Å². The zero-order chi connectivity index (χ0) is 17.5. The molecule has 0 aliphatic heterocycles. The standard InChI is InChI=1S/C17H20N4O3/c1-11(2)9-18-15-8-14(19-10-20-15)16(22)21-13-6-4-5-12(7-13)17(23)24-3/h4-8,10-11H,9H2,1-3H3,(H,21,22)(H,18,19,20). The Balaban J connectivity index is 2.09. The van der Waals surface area contributed by atoms with Gasteiger partial charge in [0.2, 0.25) is 0 Å². The van der Waals surface area contributed by atoms with Crippen molar-refractivity contribution in [2.45, 2.75) is 13.8 Å². The third-order valence-electron chi connectivity index (χ3n) is 3.13. The third kappa shape index (κ3) is 4.77. The zero-order valence-electron chi connectivity index (χ0n) is 13.9. The SMILES string of the molecule is COC(=O)c1cccc(NC(=O)c2cc(NCC(C)C)ncn2)c1. The highest BCUT2D eigenvalue weighted by Crippen LogP contribution is 2.13. The molecule has 7 heteroatoms. The minimum Gasteiger partial charge on any atom is -0.465 e. The lowest BCUT2D eigenvalue weighted by molar-refractivity contribution is 0.0600. The maximum absolute atomic E-state index is 12.3. The first-order valence-electron chi connectivity index (χ1n) is 7.55. The highest BCUT2D eigenvalue weighted by atomic mass is 16.5. The van der Waals surface area contributed by atoms with Gasteiger partial charge in [0.25, 0.3) is 5.91 Å². The molecule has 0 saturated carbocycles. The molecular weight excluding hydrogens is 308 g/mol. The number of nitrogens with zero attached hydrogens (tertiary/aromatic N) is 2. The molecule has 0 aliphatic rings. The fraction of sp³-hybridized carbons (Fsp3) is 0.294. The number of amides is 1. The van der Waals surface area contributed by atoms with Gasteiger partial charge >= 0.3 is 5.97 Å². The molecule has 2 rings (SSSR count). The van der Waals surface area contributed by atoms with Crippen LogP contribution in [0.25, 0.3) is 0 Å². The van der Waals surface area contributed by atoms with Crippen molar-refractivity contribution >= 4 is 23.4 Å². The molecule has 0 unspecified atom stereocenters. The summed E-state index contributed by atoms with van der Waals surface area (Å²) in [5.74, 6) is 0.200. The molecule has 7 nitrogen and oxygen atoms in total. The lowest BCUT2D eigenvalue weighted by Crippen LogP contribution is -2.16. The fourth-order valence-electron chi connectivity index (χ4n) is 1.92. The Morgan fingerprint density at radius 2 is 2.00 bits per heavy atom. The van der Waals surface area contributed by atoms with Gasteiger partial charge in [-0.05, 0) is 24.1 Å². The first-order valence-corrected chi connectivity index (χ1v) is 7.55. The third-order valence-corrected chi connectivity index (χ3v) is 3.13. The maximum Gasteiger partial charge on any atom is 0.337 e. The Bertz CT molecular complexity index is 731. The van der Waals surface area contributed by atoms with E-state index in [0.29, 0.717) is 23.0 Å². The Kier molecular flexibility index (Phi) is 5.83. The quantitative estimate of drug-likeness (QED) is 0.792. The Morgan fingerprint density at radius 1 is 1.21 bits per heavy atom. The molecule has 2 N–H and O–H groups in total. The van der Waals surface area contributed by atoms with Gasteiger partial charge < -0.3 is 15.4 Å². The van der Waals surface area contributed by atoms with Crippen molar-refractivity contribution in [2.75, 3.05) is 24.3 Å². The van der Waals surface area contributed by atoms with E-state index < -0.39 is 5.97 Å². The number of benzene rings is 1. The lowest BCUT2D eigenvalue weighted by Gasteiger charge is -2.09. The van der Waals surface area contributed by atoms with Crippen LogP contribution in [0.3, 0.4) is 0 Å². The smallest absolute Gasteiger partial charge is 0.337 e. The second kappa shape index (κ2) is 8.05. The van der Waals surface area contributed by atoms with Gasteiger partial charge in [-0.25, -0.2) is 14.8 Å². The number of methoxy groups -OCH3 is 1. The molecule has 0 radical (unpaired) electrons. The molecule has 126 valence electrons. The van der Waals surface area contributed by atoms with Crippen LogP contribution < -0.4 is 10.6 Å². The number of carbonyl (C=O) groups is 2. The van der Waals surface area contributed by atoms with E-state index in [1.165, 1.54) is 13.4 Å². The Labute approximate surface area is 140 Å². The monoisotopic (exact) mass is 328 g/mol.